The van der Waals surface area contributed by atoms with Crippen molar-refractivity contribution in [3.8, 4) is 0 Å². The van der Waals surface area contributed by atoms with Crippen LogP contribution in [0, 0.1) is 0 Å². The second-order valence-electron chi connectivity index (χ2n) is 4.37. The highest BCUT2D eigenvalue weighted by molar-refractivity contribution is 5.79. The first kappa shape index (κ1) is 11.1. The lowest BCUT2D eigenvalue weighted by Gasteiger charge is -2.23. The van der Waals surface area contributed by atoms with E-state index in [1.54, 1.807) is 11.7 Å². The van der Waals surface area contributed by atoms with Crippen molar-refractivity contribution in [1.29, 1.82) is 0 Å². The maximum absolute atomic E-state index is 11.1. The Hall–Kier alpha value is -1.36. The minimum atomic E-state index is -0.353. The molecule has 1 aliphatic rings. The molecule has 1 amide bonds. The second-order valence-corrected chi connectivity index (χ2v) is 4.37. The van der Waals surface area contributed by atoms with Crippen molar-refractivity contribution in [3.05, 3.63) is 18.0 Å². The van der Waals surface area contributed by atoms with Gasteiger partial charge in [0.25, 0.3) is 0 Å². The molecule has 1 saturated carbocycles. The predicted octanol–water partition coefficient (Wildman–Crippen LogP) is 0.224. The molecule has 1 aliphatic carbocycles. The molecule has 1 aromatic heterocycles. The van der Waals surface area contributed by atoms with Gasteiger partial charge in [0, 0.05) is 6.20 Å². The molecule has 0 aromatic carbocycles. The van der Waals surface area contributed by atoms with Crippen LogP contribution in [0.3, 0.4) is 0 Å². The summed E-state index contributed by atoms with van der Waals surface area (Å²) in [6, 6.07) is -0.353. The number of rotatable bonds is 5. The van der Waals surface area contributed by atoms with Crippen LogP contribution in [0.4, 0.5) is 0 Å². The van der Waals surface area contributed by atoms with E-state index in [0.29, 0.717) is 12.5 Å². The van der Waals surface area contributed by atoms with Gasteiger partial charge in [-0.05, 0) is 31.4 Å². The summed E-state index contributed by atoms with van der Waals surface area (Å²) in [6.45, 7) is 0.499. The summed E-state index contributed by atoms with van der Waals surface area (Å²) in [5.41, 5.74) is 6.54. The summed E-state index contributed by atoms with van der Waals surface area (Å²) in [6.07, 6.45) is 7.76. The van der Waals surface area contributed by atoms with Gasteiger partial charge in [0.1, 0.15) is 6.04 Å². The first-order chi connectivity index (χ1) is 7.70. The van der Waals surface area contributed by atoms with E-state index in [9.17, 15) is 4.79 Å². The van der Waals surface area contributed by atoms with E-state index in [0.717, 1.165) is 0 Å². The molecular weight excluding hydrogens is 204 g/mol. The fraction of sp³-hybridized carbons (Fsp3) is 0.636. The molecule has 88 valence electrons. The minimum absolute atomic E-state index is 0.344. The van der Waals surface area contributed by atoms with Crippen LogP contribution in [-0.2, 0) is 11.3 Å². The predicted molar refractivity (Wildman–Crippen MR) is 60.9 cm³/mol. The van der Waals surface area contributed by atoms with Crippen LogP contribution in [0.25, 0.3) is 0 Å². The van der Waals surface area contributed by atoms with Gasteiger partial charge in [-0.2, -0.15) is 5.10 Å². The number of amides is 1. The maximum atomic E-state index is 11.1. The Morgan fingerprint density at radius 2 is 2.50 bits per heavy atom. The molecule has 0 spiro atoms. The Balaban J connectivity index is 1.98. The van der Waals surface area contributed by atoms with Crippen molar-refractivity contribution >= 4 is 5.91 Å². The Morgan fingerprint density at radius 1 is 1.75 bits per heavy atom. The van der Waals surface area contributed by atoms with Crippen molar-refractivity contribution in [3.63, 3.8) is 0 Å². The highest BCUT2D eigenvalue weighted by atomic mass is 16.1. The molecule has 5 nitrogen and oxygen atoms in total. The van der Waals surface area contributed by atoms with Crippen molar-refractivity contribution in [2.75, 3.05) is 7.05 Å². The molecule has 1 aromatic rings. The number of nitrogens with zero attached hydrogens (tertiary/aromatic N) is 2. The number of primary amides is 1. The van der Waals surface area contributed by atoms with Crippen molar-refractivity contribution in [2.45, 2.75) is 37.8 Å². The molecule has 3 N–H and O–H groups in total. The van der Waals surface area contributed by atoms with E-state index in [4.69, 9.17) is 5.73 Å². The summed E-state index contributed by atoms with van der Waals surface area (Å²) in [4.78, 5) is 11.1. The topological polar surface area (TPSA) is 72.9 Å². The zero-order valence-corrected chi connectivity index (χ0v) is 9.52. The maximum Gasteiger partial charge on any atom is 0.236 e. The van der Waals surface area contributed by atoms with Gasteiger partial charge in [-0.15, -0.1) is 0 Å². The number of nitrogens with one attached hydrogen (secondary N) is 1. The average molecular weight is 222 g/mol. The fourth-order valence-corrected chi connectivity index (χ4v) is 1.94. The van der Waals surface area contributed by atoms with Crippen LogP contribution in [0.15, 0.2) is 12.4 Å². The van der Waals surface area contributed by atoms with Crippen LogP contribution in [0.5, 0.6) is 0 Å². The number of nitrogens with two attached hydrogens (primary N) is 1. The normalized spacial score (nSPS) is 18.1. The van der Waals surface area contributed by atoms with E-state index in [2.05, 4.69) is 10.4 Å². The SMILES string of the molecule is CNC(Cn1cc(C2CCC2)cn1)C(N)=O. The summed E-state index contributed by atoms with van der Waals surface area (Å²) in [5, 5.41) is 7.14. The summed E-state index contributed by atoms with van der Waals surface area (Å²) in [5.74, 6) is 0.332. The largest absolute Gasteiger partial charge is 0.368 e. The van der Waals surface area contributed by atoms with Gasteiger partial charge in [0.2, 0.25) is 5.91 Å². The molecule has 0 aliphatic heterocycles. The minimum Gasteiger partial charge on any atom is -0.368 e. The molecule has 0 radical (unpaired) electrons. The van der Waals surface area contributed by atoms with Gasteiger partial charge in [-0.1, -0.05) is 6.42 Å². The monoisotopic (exact) mass is 222 g/mol. The molecule has 2 rings (SSSR count). The van der Waals surface area contributed by atoms with Crippen molar-refractivity contribution in [2.24, 2.45) is 5.73 Å². The lowest BCUT2D eigenvalue weighted by molar-refractivity contribution is -0.120. The number of carbonyl (C=O) groups excluding carboxylic acids is 1. The van der Waals surface area contributed by atoms with Crippen LogP contribution < -0.4 is 11.1 Å². The Kier molecular flexibility index (Phi) is 3.24. The number of likely N-dealkylation sites (N-methyl/N-ethyl adjacent to an activating group) is 1. The second kappa shape index (κ2) is 4.65. The Bertz CT molecular complexity index is 370. The molecule has 1 fully saturated rings. The van der Waals surface area contributed by atoms with Crippen LogP contribution in [0.1, 0.15) is 30.7 Å². The lowest BCUT2D eigenvalue weighted by Crippen LogP contribution is -2.42. The molecule has 1 heterocycles. The van der Waals surface area contributed by atoms with Crippen molar-refractivity contribution in [1.82, 2.24) is 15.1 Å². The van der Waals surface area contributed by atoms with E-state index in [1.807, 2.05) is 12.4 Å². The van der Waals surface area contributed by atoms with Gasteiger partial charge in [-0.25, -0.2) is 0 Å². The fourth-order valence-electron chi connectivity index (χ4n) is 1.94. The molecule has 0 saturated heterocycles. The van der Waals surface area contributed by atoms with E-state index < -0.39 is 0 Å². The molecule has 5 heteroatoms. The molecule has 16 heavy (non-hydrogen) atoms. The number of hydrogen-bond acceptors (Lipinski definition) is 3. The van der Waals surface area contributed by atoms with E-state index in [-0.39, 0.29) is 11.9 Å². The Morgan fingerprint density at radius 3 is 3.00 bits per heavy atom. The Labute approximate surface area is 95.0 Å². The zero-order chi connectivity index (χ0) is 11.5. The quantitative estimate of drug-likeness (QED) is 0.748. The number of carbonyl (C=O) groups is 1. The van der Waals surface area contributed by atoms with E-state index >= 15 is 0 Å². The number of aromatic nitrogens is 2. The molecule has 0 bridgehead atoms. The first-order valence-electron chi connectivity index (χ1n) is 5.69. The smallest absolute Gasteiger partial charge is 0.236 e. The summed E-state index contributed by atoms with van der Waals surface area (Å²) >= 11 is 0. The average Bonchev–Trinajstić information content (AvgIpc) is 2.59. The molecular formula is C11H18N4O. The third-order valence-corrected chi connectivity index (χ3v) is 3.29. The van der Waals surface area contributed by atoms with Crippen LogP contribution >= 0.6 is 0 Å². The van der Waals surface area contributed by atoms with E-state index in [1.165, 1.54) is 24.8 Å². The zero-order valence-electron chi connectivity index (χ0n) is 9.52. The third kappa shape index (κ3) is 2.24. The van der Waals surface area contributed by atoms with Gasteiger partial charge in [0.05, 0.1) is 12.7 Å². The third-order valence-electron chi connectivity index (χ3n) is 3.29. The first-order valence-corrected chi connectivity index (χ1v) is 5.69. The molecule has 1 atom stereocenters. The lowest BCUT2D eigenvalue weighted by atomic mass is 9.81. The highest BCUT2D eigenvalue weighted by Crippen LogP contribution is 2.35. The van der Waals surface area contributed by atoms with Crippen molar-refractivity contribution < 1.29 is 4.79 Å². The van der Waals surface area contributed by atoms with Gasteiger partial charge in [-0.3, -0.25) is 9.48 Å². The summed E-state index contributed by atoms with van der Waals surface area (Å²) in [7, 11) is 1.73. The standard InChI is InChI=1S/C11H18N4O/c1-13-10(11(12)16)7-15-6-9(5-14-15)8-3-2-4-8/h5-6,8,10,13H,2-4,7H2,1H3,(H2,12,16). The van der Waals surface area contributed by atoms with Gasteiger partial charge in [0.15, 0.2) is 0 Å². The molecule has 1 unspecified atom stereocenters. The summed E-state index contributed by atoms with van der Waals surface area (Å²) < 4.78 is 1.79. The van der Waals surface area contributed by atoms with Gasteiger partial charge < -0.3 is 11.1 Å². The number of hydrogen-bond donors (Lipinski definition) is 2. The van der Waals surface area contributed by atoms with Gasteiger partial charge >= 0.3 is 0 Å². The van der Waals surface area contributed by atoms with Crippen LogP contribution in [-0.4, -0.2) is 28.8 Å². The highest BCUT2D eigenvalue weighted by Gasteiger charge is 2.21. The van der Waals surface area contributed by atoms with Crippen LogP contribution in [0.2, 0.25) is 0 Å².